The molecule has 12 heteroatoms. The summed E-state index contributed by atoms with van der Waals surface area (Å²) in [6.07, 6.45) is 4.39. The number of methoxy groups -OCH3 is 1. The van der Waals surface area contributed by atoms with Gasteiger partial charge in [0.2, 0.25) is 5.91 Å². The molecule has 4 rings (SSSR count). The average molecular weight is 603 g/mol. The lowest BCUT2D eigenvalue weighted by Gasteiger charge is -2.26. The molecule has 0 unspecified atom stereocenters. The van der Waals surface area contributed by atoms with E-state index in [1.165, 1.54) is 12.4 Å². The van der Waals surface area contributed by atoms with Crippen LogP contribution < -0.4 is 30.3 Å². The van der Waals surface area contributed by atoms with Gasteiger partial charge in [0.25, 0.3) is 0 Å². The Morgan fingerprint density at radius 3 is 2.42 bits per heavy atom. The fraction of sp³-hybridized carbons (Fsp3) is 0.226. The number of benzene rings is 2. The van der Waals surface area contributed by atoms with E-state index in [9.17, 15) is 4.79 Å². The maximum absolute atomic E-state index is 12.3. The van der Waals surface area contributed by atoms with Gasteiger partial charge in [-0.2, -0.15) is 0 Å². The smallest absolute Gasteiger partial charge is 0.247 e. The SMILES string of the molecule is C=CC(=O)Nc1cc(Nc2cc(Nc3ccc(OCc4ccccn4)c(Cl)c3)ncn2)c(OC)cc1N(C)CCN(C)C. The maximum Gasteiger partial charge on any atom is 0.247 e. The lowest BCUT2D eigenvalue weighted by Crippen LogP contribution is -2.29. The van der Waals surface area contributed by atoms with Crippen LogP contribution in [0.1, 0.15) is 5.69 Å². The highest BCUT2D eigenvalue weighted by Gasteiger charge is 2.16. The summed E-state index contributed by atoms with van der Waals surface area (Å²) in [4.78, 5) is 29.3. The van der Waals surface area contributed by atoms with Crippen molar-refractivity contribution in [1.82, 2.24) is 19.9 Å². The Balaban J connectivity index is 1.51. The molecule has 43 heavy (non-hydrogen) atoms. The van der Waals surface area contributed by atoms with Crippen LogP contribution >= 0.6 is 11.6 Å². The second-order valence-corrected chi connectivity index (χ2v) is 10.2. The number of hydrogen-bond donors (Lipinski definition) is 3. The van der Waals surface area contributed by atoms with Gasteiger partial charge in [0.05, 0.1) is 34.9 Å². The third kappa shape index (κ3) is 8.81. The minimum absolute atomic E-state index is 0.310. The highest BCUT2D eigenvalue weighted by atomic mass is 35.5. The zero-order valence-corrected chi connectivity index (χ0v) is 25.4. The van der Waals surface area contributed by atoms with E-state index in [4.69, 9.17) is 21.1 Å². The van der Waals surface area contributed by atoms with Crippen molar-refractivity contribution < 1.29 is 14.3 Å². The predicted molar refractivity (Wildman–Crippen MR) is 172 cm³/mol. The van der Waals surface area contributed by atoms with E-state index < -0.39 is 0 Å². The molecule has 2 heterocycles. The number of carbonyl (C=O) groups is 1. The lowest BCUT2D eigenvalue weighted by molar-refractivity contribution is -0.111. The highest BCUT2D eigenvalue weighted by molar-refractivity contribution is 6.32. The Kier molecular flexibility index (Phi) is 10.7. The van der Waals surface area contributed by atoms with Crippen molar-refractivity contribution in [1.29, 1.82) is 0 Å². The van der Waals surface area contributed by atoms with Gasteiger partial charge in [0, 0.05) is 44.2 Å². The Bertz CT molecular complexity index is 1550. The van der Waals surface area contributed by atoms with Crippen molar-refractivity contribution in [3.63, 3.8) is 0 Å². The molecule has 0 aliphatic carbocycles. The first-order chi connectivity index (χ1) is 20.7. The van der Waals surface area contributed by atoms with Crippen LogP contribution in [0.5, 0.6) is 11.5 Å². The number of likely N-dealkylation sites (N-methyl/N-ethyl adjacent to an activating group) is 2. The number of nitrogens with one attached hydrogen (secondary N) is 3. The fourth-order valence-corrected chi connectivity index (χ4v) is 4.25. The molecular weight excluding hydrogens is 568 g/mol. The van der Waals surface area contributed by atoms with E-state index in [1.54, 1.807) is 37.6 Å². The van der Waals surface area contributed by atoms with Crippen LogP contribution in [0, 0.1) is 0 Å². The Morgan fingerprint density at radius 2 is 1.74 bits per heavy atom. The molecule has 0 radical (unpaired) electrons. The first kappa shape index (κ1) is 31.1. The van der Waals surface area contributed by atoms with Crippen molar-refractivity contribution in [2.75, 3.05) is 62.2 Å². The minimum atomic E-state index is -0.321. The van der Waals surface area contributed by atoms with Gasteiger partial charge in [-0.05, 0) is 56.6 Å². The van der Waals surface area contributed by atoms with Gasteiger partial charge in [0.1, 0.15) is 36.1 Å². The normalized spacial score (nSPS) is 10.7. The molecule has 2 aromatic carbocycles. The molecule has 0 saturated heterocycles. The molecule has 0 spiro atoms. The van der Waals surface area contributed by atoms with Crippen LogP contribution in [-0.2, 0) is 11.4 Å². The number of rotatable bonds is 14. The maximum atomic E-state index is 12.3. The molecule has 2 aromatic heterocycles. The van der Waals surface area contributed by atoms with Crippen LogP contribution in [0.15, 0.2) is 79.8 Å². The molecule has 0 fully saturated rings. The standard InChI is InChI=1S/C31H35ClN8O3/c1-6-31(41)38-24-16-25(28(42-5)17-26(24)40(4)14-13-39(2)3)37-30-18-29(34-20-35-30)36-21-10-11-27(23(32)15-21)43-19-22-9-7-8-12-33-22/h6-12,15-18,20H,1,13-14,19H2,2-5H3,(H,38,41)(H2,34,35,36,37). The van der Waals surface area contributed by atoms with Gasteiger partial charge >= 0.3 is 0 Å². The number of pyridine rings is 1. The van der Waals surface area contributed by atoms with Crippen LogP contribution in [-0.4, -0.2) is 67.1 Å². The largest absolute Gasteiger partial charge is 0.494 e. The van der Waals surface area contributed by atoms with Gasteiger partial charge in [-0.1, -0.05) is 24.2 Å². The third-order valence-corrected chi connectivity index (χ3v) is 6.59. The third-order valence-electron chi connectivity index (χ3n) is 6.29. The Labute approximate surface area is 256 Å². The second kappa shape index (κ2) is 14.9. The number of amides is 1. The number of nitrogens with zero attached hydrogens (tertiary/aromatic N) is 5. The summed E-state index contributed by atoms with van der Waals surface area (Å²) in [5.74, 6) is 1.84. The van der Waals surface area contributed by atoms with Gasteiger partial charge in [0.15, 0.2) is 0 Å². The van der Waals surface area contributed by atoms with Crippen LogP contribution in [0.2, 0.25) is 5.02 Å². The average Bonchev–Trinajstić information content (AvgIpc) is 3.00. The number of anilines is 6. The van der Waals surface area contributed by atoms with Crippen molar-refractivity contribution >= 4 is 51.9 Å². The lowest BCUT2D eigenvalue weighted by atomic mass is 10.2. The quantitative estimate of drug-likeness (QED) is 0.155. The van der Waals surface area contributed by atoms with E-state index in [1.807, 2.05) is 51.5 Å². The van der Waals surface area contributed by atoms with Crippen molar-refractivity contribution in [2.45, 2.75) is 6.61 Å². The summed E-state index contributed by atoms with van der Waals surface area (Å²) in [6.45, 7) is 5.45. The van der Waals surface area contributed by atoms with Crippen LogP contribution in [0.3, 0.4) is 0 Å². The minimum Gasteiger partial charge on any atom is -0.494 e. The van der Waals surface area contributed by atoms with Crippen LogP contribution in [0.25, 0.3) is 0 Å². The molecule has 0 bridgehead atoms. The molecule has 4 aromatic rings. The van der Waals surface area contributed by atoms with Crippen molar-refractivity contribution in [2.24, 2.45) is 0 Å². The Morgan fingerprint density at radius 1 is 0.953 bits per heavy atom. The topological polar surface area (TPSA) is 117 Å². The monoisotopic (exact) mass is 602 g/mol. The summed E-state index contributed by atoms with van der Waals surface area (Å²) in [7, 11) is 7.57. The predicted octanol–water partition coefficient (Wildman–Crippen LogP) is 5.72. The summed E-state index contributed by atoms with van der Waals surface area (Å²) in [5.41, 5.74) is 3.53. The van der Waals surface area contributed by atoms with E-state index in [-0.39, 0.29) is 5.91 Å². The number of hydrogen-bond acceptors (Lipinski definition) is 10. The number of carbonyl (C=O) groups excluding carboxylic acids is 1. The molecule has 0 aliphatic rings. The van der Waals surface area contributed by atoms with E-state index in [0.717, 1.165) is 30.2 Å². The number of ether oxygens (including phenoxy) is 2. The summed E-state index contributed by atoms with van der Waals surface area (Å²) in [6, 6.07) is 16.5. The summed E-state index contributed by atoms with van der Waals surface area (Å²) in [5, 5.41) is 9.86. The second-order valence-electron chi connectivity index (χ2n) is 9.78. The Hall–Kier alpha value is -4.87. The summed E-state index contributed by atoms with van der Waals surface area (Å²) < 4.78 is 11.5. The van der Waals surface area contributed by atoms with Gasteiger partial charge < -0.3 is 35.2 Å². The molecule has 0 saturated carbocycles. The molecule has 11 nitrogen and oxygen atoms in total. The number of halogens is 1. The van der Waals surface area contributed by atoms with E-state index in [2.05, 4.69) is 47.3 Å². The zero-order valence-electron chi connectivity index (χ0n) is 24.6. The van der Waals surface area contributed by atoms with Crippen molar-refractivity contribution in [3.05, 3.63) is 90.5 Å². The molecule has 3 N–H and O–H groups in total. The highest BCUT2D eigenvalue weighted by Crippen LogP contribution is 2.38. The first-order valence-electron chi connectivity index (χ1n) is 13.5. The zero-order chi connectivity index (χ0) is 30.8. The molecule has 1 amide bonds. The molecule has 0 atom stereocenters. The van der Waals surface area contributed by atoms with Gasteiger partial charge in [-0.3, -0.25) is 9.78 Å². The van der Waals surface area contributed by atoms with E-state index >= 15 is 0 Å². The fourth-order valence-electron chi connectivity index (χ4n) is 4.02. The van der Waals surface area contributed by atoms with Gasteiger partial charge in [-0.15, -0.1) is 0 Å². The van der Waals surface area contributed by atoms with E-state index in [0.29, 0.717) is 46.1 Å². The number of aromatic nitrogens is 3. The first-order valence-corrected chi connectivity index (χ1v) is 13.8. The van der Waals surface area contributed by atoms with Crippen LogP contribution in [0.4, 0.5) is 34.4 Å². The van der Waals surface area contributed by atoms with Crippen molar-refractivity contribution in [3.8, 4) is 11.5 Å². The molecule has 0 aliphatic heterocycles. The van der Waals surface area contributed by atoms with Gasteiger partial charge in [-0.25, -0.2) is 9.97 Å². The molecule has 224 valence electrons. The summed E-state index contributed by atoms with van der Waals surface area (Å²) >= 11 is 6.48. The molecular formula is C31H35ClN8O3.